The lowest BCUT2D eigenvalue weighted by Crippen LogP contribution is -2.15. The van der Waals surface area contributed by atoms with Crippen LogP contribution in [0.5, 0.6) is 0 Å². The van der Waals surface area contributed by atoms with Crippen LogP contribution in [0, 0.1) is 6.92 Å². The molecule has 0 aliphatic heterocycles. The second kappa shape index (κ2) is 8.32. The van der Waals surface area contributed by atoms with E-state index in [-0.39, 0.29) is 11.5 Å². The molecule has 0 saturated heterocycles. The molecule has 0 heterocycles. The number of rotatable bonds is 6. The van der Waals surface area contributed by atoms with Crippen LogP contribution in [0.3, 0.4) is 0 Å². The molecule has 3 rings (SSSR count). The smallest absolute Gasteiger partial charge is 0.337 e. The number of aryl methyl sites for hydroxylation is 3. The molecular weight excluding hydrogens is 338 g/mol. The normalized spacial score (nSPS) is 10.4. The third-order valence-electron chi connectivity index (χ3n) is 4.39. The molecule has 136 valence electrons. The van der Waals surface area contributed by atoms with Crippen molar-refractivity contribution in [2.45, 2.75) is 19.8 Å². The van der Waals surface area contributed by atoms with Gasteiger partial charge in [0.25, 0.3) is 5.91 Å². The predicted octanol–water partition coefficient (Wildman–Crippen LogP) is 4.73. The second-order valence-electron chi connectivity index (χ2n) is 6.49. The minimum absolute atomic E-state index is 0.0828. The highest BCUT2D eigenvalue weighted by Crippen LogP contribution is 2.21. The zero-order valence-corrected chi connectivity index (χ0v) is 15.1. The van der Waals surface area contributed by atoms with Crippen LogP contribution in [0.25, 0.3) is 0 Å². The van der Waals surface area contributed by atoms with Gasteiger partial charge >= 0.3 is 5.97 Å². The van der Waals surface area contributed by atoms with Crippen LogP contribution in [-0.2, 0) is 12.8 Å². The molecule has 0 spiro atoms. The van der Waals surface area contributed by atoms with Crippen LogP contribution in [0.2, 0.25) is 0 Å². The molecule has 4 nitrogen and oxygen atoms in total. The lowest BCUT2D eigenvalue weighted by molar-refractivity contribution is 0.0698. The number of aromatic carboxylic acids is 1. The molecule has 0 fully saturated rings. The Morgan fingerprint density at radius 3 is 2.30 bits per heavy atom. The van der Waals surface area contributed by atoms with Crippen LogP contribution in [-0.4, -0.2) is 17.0 Å². The van der Waals surface area contributed by atoms with E-state index < -0.39 is 5.97 Å². The lowest BCUT2D eigenvalue weighted by atomic mass is 10.0. The molecule has 27 heavy (non-hydrogen) atoms. The summed E-state index contributed by atoms with van der Waals surface area (Å²) in [5.41, 5.74) is 4.06. The Balaban J connectivity index is 1.81. The lowest BCUT2D eigenvalue weighted by Gasteiger charge is -2.11. The van der Waals surface area contributed by atoms with Crippen LogP contribution in [0.4, 0.5) is 5.69 Å². The molecule has 4 heteroatoms. The van der Waals surface area contributed by atoms with E-state index in [0.717, 1.165) is 24.0 Å². The maximum absolute atomic E-state index is 12.5. The van der Waals surface area contributed by atoms with E-state index in [9.17, 15) is 14.7 Å². The fraction of sp³-hybridized carbons (Fsp3) is 0.130. The van der Waals surface area contributed by atoms with Crippen molar-refractivity contribution >= 4 is 17.6 Å². The molecule has 0 aliphatic carbocycles. The Hall–Kier alpha value is -3.40. The number of nitrogens with one attached hydrogen (secondary N) is 1. The molecule has 3 aromatic carbocycles. The summed E-state index contributed by atoms with van der Waals surface area (Å²) in [4.78, 5) is 24.1. The quantitative estimate of drug-likeness (QED) is 0.668. The Labute approximate surface area is 158 Å². The summed E-state index contributed by atoms with van der Waals surface area (Å²) in [6.07, 6.45) is 1.61. The summed E-state index contributed by atoms with van der Waals surface area (Å²) in [5.74, 6) is -1.38. The largest absolute Gasteiger partial charge is 0.478 e. The zero-order chi connectivity index (χ0) is 19.2. The van der Waals surface area contributed by atoms with Crippen molar-refractivity contribution in [2.24, 2.45) is 0 Å². The van der Waals surface area contributed by atoms with Crippen LogP contribution < -0.4 is 5.32 Å². The Bertz CT molecular complexity index is 964. The average Bonchev–Trinajstić information content (AvgIpc) is 2.67. The highest BCUT2D eigenvalue weighted by atomic mass is 16.4. The maximum Gasteiger partial charge on any atom is 0.337 e. The molecule has 0 aliphatic rings. The van der Waals surface area contributed by atoms with E-state index in [1.807, 2.05) is 31.2 Å². The molecule has 0 bridgehead atoms. The van der Waals surface area contributed by atoms with Crippen molar-refractivity contribution < 1.29 is 14.7 Å². The fourth-order valence-electron chi connectivity index (χ4n) is 2.95. The molecule has 3 aromatic rings. The summed E-state index contributed by atoms with van der Waals surface area (Å²) >= 11 is 0. The van der Waals surface area contributed by atoms with Gasteiger partial charge in [0.1, 0.15) is 0 Å². The predicted molar refractivity (Wildman–Crippen MR) is 106 cm³/mol. The van der Waals surface area contributed by atoms with Gasteiger partial charge in [0, 0.05) is 5.56 Å². The van der Waals surface area contributed by atoms with Crippen LogP contribution in [0.1, 0.15) is 37.4 Å². The number of carboxylic acid groups (broad SMARTS) is 1. The first kappa shape index (κ1) is 18.4. The van der Waals surface area contributed by atoms with E-state index >= 15 is 0 Å². The van der Waals surface area contributed by atoms with Gasteiger partial charge in [-0.1, -0.05) is 54.1 Å². The number of benzene rings is 3. The molecule has 0 aromatic heterocycles. The maximum atomic E-state index is 12.5. The summed E-state index contributed by atoms with van der Waals surface area (Å²) < 4.78 is 0. The van der Waals surface area contributed by atoms with Gasteiger partial charge in [0.2, 0.25) is 0 Å². The fourth-order valence-corrected chi connectivity index (χ4v) is 2.95. The topological polar surface area (TPSA) is 66.4 Å². The standard InChI is InChI=1S/C23H21NO3/c1-16-6-5-9-19(14-16)22(25)24-21-15-18(12-13-20(21)23(26)27)11-10-17-7-3-2-4-8-17/h2-9,12-15H,10-11H2,1H3,(H,24,25)(H,26,27). The molecule has 0 saturated carbocycles. The molecule has 0 atom stereocenters. The Morgan fingerprint density at radius 2 is 1.59 bits per heavy atom. The highest BCUT2D eigenvalue weighted by molar-refractivity contribution is 6.07. The SMILES string of the molecule is Cc1cccc(C(=O)Nc2cc(CCc3ccccc3)ccc2C(=O)O)c1. The number of hydrogen-bond donors (Lipinski definition) is 2. The summed E-state index contributed by atoms with van der Waals surface area (Å²) in [5, 5.41) is 12.2. The van der Waals surface area contributed by atoms with Gasteiger partial charge in [-0.25, -0.2) is 4.79 Å². The third kappa shape index (κ3) is 4.82. The van der Waals surface area contributed by atoms with Gasteiger partial charge in [-0.05, 0) is 55.2 Å². The van der Waals surface area contributed by atoms with E-state index in [4.69, 9.17) is 0 Å². The number of anilines is 1. The Morgan fingerprint density at radius 1 is 0.852 bits per heavy atom. The number of amides is 1. The first-order chi connectivity index (χ1) is 13.0. The number of hydrogen-bond acceptors (Lipinski definition) is 2. The van der Waals surface area contributed by atoms with Crippen LogP contribution >= 0.6 is 0 Å². The summed E-state index contributed by atoms with van der Waals surface area (Å²) in [7, 11) is 0. The van der Waals surface area contributed by atoms with Crippen molar-refractivity contribution in [1.29, 1.82) is 0 Å². The van der Waals surface area contributed by atoms with Gasteiger partial charge < -0.3 is 10.4 Å². The molecule has 2 N–H and O–H groups in total. The third-order valence-corrected chi connectivity index (χ3v) is 4.39. The molecule has 0 unspecified atom stereocenters. The molecule has 0 radical (unpaired) electrons. The second-order valence-corrected chi connectivity index (χ2v) is 6.49. The number of carbonyl (C=O) groups is 2. The molecule has 1 amide bonds. The van der Waals surface area contributed by atoms with E-state index in [2.05, 4.69) is 17.4 Å². The number of carboxylic acids is 1. The van der Waals surface area contributed by atoms with Gasteiger partial charge in [0.15, 0.2) is 0 Å². The van der Waals surface area contributed by atoms with Crippen molar-refractivity contribution in [3.63, 3.8) is 0 Å². The summed E-state index contributed by atoms with van der Waals surface area (Å²) in [6, 6.07) is 22.4. The first-order valence-electron chi connectivity index (χ1n) is 8.81. The van der Waals surface area contributed by atoms with Crippen molar-refractivity contribution in [3.8, 4) is 0 Å². The minimum Gasteiger partial charge on any atom is -0.478 e. The summed E-state index contributed by atoms with van der Waals surface area (Å²) in [6.45, 7) is 1.91. The van der Waals surface area contributed by atoms with Gasteiger partial charge in [-0.2, -0.15) is 0 Å². The van der Waals surface area contributed by atoms with Crippen molar-refractivity contribution in [3.05, 3.63) is 101 Å². The van der Waals surface area contributed by atoms with E-state index in [1.165, 1.54) is 5.56 Å². The van der Waals surface area contributed by atoms with Gasteiger partial charge in [-0.15, -0.1) is 0 Å². The van der Waals surface area contributed by atoms with Gasteiger partial charge in [0.05, 0.1) is 11.3 Å². The number of carbonyl (C=O) groups excluding carboxylic acids is 1. The van der Waals surface area contributed by atoms with Crippen molar-refractivity contribution in [1.82, 2.24) is 0 Å². The van der Waals surface area contributed by atoms with Crippen molar-refractivity contribution in [2.75, 3.05) is 5.32 Å². The van der Waals surface area contributed by atoms with Crippen LogP contribution in [0.15, 0.2) is 72.8 Å². The Kier molecular flexibility index (Phi) is 5.67. The monoisotopic (exact) mass is 359 g/mol. The first-order valence-corrected chi connectivity index (χ1v) is 8.81. The zero-order valence-electron chi connectivity index (χ0n) is 15.1. The molecular formula is C23H21NO3. The van der Waals surface area contributed by atoms with Gasteiger partial charge in [-0.3, -0.25) is 4.79 Å². The highest BCUT2D eigenvalue weighted by Gasteiger charge is 2.14. The minimum atomic E-state index is -1.07. The average molecular weight is 359 g/mol. The van der Waals surface area contributed by atoms with E-state index in [1.54, 1.807) is 36.4 Å². The van der Waals surface area contributed by atoms with E-state index in [0.29, 0.717) is 11.3 Å².